The summed E-state index contributed by atoms with van der Waals surface area (Å²) in [5.74, 6) is 2.02. The molecule has 2 aromatic rings. The van der Waals surface area contributed by atoms with E-state index < -0.39 is 0 Å². The van der Waals surface area contributed by atoms with Crippen LogP contribution in [0.1, 0.15) is 0 Å². The van der Waals surface area contributed by atoms with E-state index in [2.05, 4.69) is 10.6 Å². The molecular weight excluding hydrogens is 332 g/mol. The number of benzene rings is 2. The Morgan fingerprint density at radius 2 is 1.83 bits per heavy atom. The highest BCUT2D eigenvalue weighted by Crippen LogP contribution is 2.32. The number of ether oxygens (including phenoxy) is 3. The van der Waals surface area contributed by atoms with Gasteiger partial charge in [-0.3, -0.25) is 0 Å². The Labute approximate surface area is 144 Å². The molecule has 1 aliphatic rings. The van der Waals surface area contributed by atoms with Crippen molar-refractivity contribution in [3.8, 4) is 17.2 Å². The second-order valence-corrected chi connectivity index (χ2v) is 5.48. The third-order valence-corrected chi connectivity index (χ3v) is 3.52. The summed E-state index contributed by atoms with van der Waals surface area (Å²) in [6.07, 6.45) is 0. The highest BCUT2D eigenvalue weighted by atomic mass is 35.5. The van der Waals surface area contributed by atoms with Crippen LogP contribution in [0, 0.1) is 0 Å². The van der Waals surface area contributed by atoms with Gasteiger partial charge in [0.05, 0.1) is 6.54 Å². The van der Waals surface area contributed by atoms with Crippen LogP contribution in [-0.2, 0) is 0 Å². The van der Waals surface area contributed by atoms with Crippen LogP contribution in [0.5, 0.6) is 17.2 Å². The summed E-state index contributed by atoms with van der Waals surface area (Å²) in [6, 6.07) is 12.0. The zero-order chi connectivity index (χ0) is 16.8. The summed E-state index contributed by atoms with van der Waals surface area (Å²) in [5, 5.41) is 6.11. The molecule has 0 aliphatic carbocycles. The largest absolute Gasteiger partial charge is 0.492 e. The Balaban J connectivity index is 1.41. The summed E-state index contributed by atoms with van der Waals surface area (Å²) in [5.41, 5.74) is 0.635. The highest BCUT2D eigenvalue weighted by molar-refractivity contribution is 6.30. The fourth-order valence-corrected chi connectivity index (χ4v) is 2.29. The third kappa shape index (κ3) is 4.45. The number of anilines is 1. The summed E-state index contributed by atoms with van der Waals surface area (Å²) >= 11 is 5.80. The van der Waals surface area contributed by atoms with Gasteiger partial charge in [0.2, 0.25) is 0 Å². The molecule has 2 aromatic carbocycles. The van der Waals surface area contributed by atoms with Gasteiger partial charge in [-0.1, -0.05) is 11.6 Å². The van der Waals surface area contributed by atoms with E-state index in [0.717, 1.165) is 0 Å². The summed E-state index contributed by atoms with van der Waals surface area (Å²) in [6.45, 7) is 1.77. The maximum atomic E-state index is 11.9. The number of carbonyl (C=O) groups is 1. The molecule has 2 N–H and O–H groups in total. The first kappa shape index (κ1) is 16.3. The second-order valence-electron chi connectivity index (χ2n) is 5.04. The molecule has 1 heterocycles. The fourth-order valence-electron chi connectivity index (χ4n) is 2.16. The van der Waals surface area contributed by atoms with Gasteiger partial charge in [0.1, 0.15) is 25.6 Å². The zero-order valence-electron chi connectivity index (χ0n) is 12.9. The van der Waals surface area contributed by atoms with E-state index >= 15 is 0 Å². The van der Waals surface area contributed by atoms with E-state index in [0.29, 0.717) is 54.3 Å². The smallest absolute Gasteiger partial charge is 0.319 e. The fraction of sp³-hybridized carbons (Fsp3) is 0.235. The van der Waals surface area contributed by atoms with Crippen LogP contribution in [0.25, 0.3) is 0 Å². The van der Waals surface area contributed by atoms with Crippen molar-refractivity contribution >= 4 is 23.3 Å². The van der Waals surface area contributed by atoms with Crippen LogP contribution in [0.2, 0.25) is 5.02 Å². The van der Waals surface area contributed by atoms with Gasteiger partial charge in [0, 0.05) is 16.8 Å². The minimum absolute atomic E-state index is 0.314. The molecule has 0 atom stereocenters. The Morgan fingerprint density at radius 1 is 1.08 bits per heavy atom. The Kier molecular flexibility index (Phi) is 5.28. The molecule has 0 bridgehead atoms. The van der Waals surface area contributed by atoms with Gasteiger partial charge in [0.25, 0.3) is 0 Å². The van der Waals surface area contributed by atoms with Crippen LogP contribution in [0.15, 0.2) is 42.5 Å². The molecule has 3 rings (SSSR count). The molecule has 126 valence electrons. The molecule has 0 spiro atoms. The van der Waals surface area contributed by atoms with Crippen molar-refractivity contribution < 1.29 is 19.0 Å². The lowest BCUT2D eigenvalue weighted by molar-refractivity contribution is 0.171. The summed E-state index contributed by atoms with van der Waals surface area (Å²) < 4.78 is 16.4. The van der Waals surface area contributed by atoms with Crippen molar-refractivity contribution in [3.63, 3.8) is 0 Å². The first-order chi connectivity index (χ1) is 11.7. The molecule has 0 saturated heterocycles. The second kappa shape index (κ2) is 7.79. The van der Waals surface area contributed by atoms with Gasteiger partial charge in [-0.05, 0) is 36.4 Å². The third-order valence-electron chi connectivity index (χ3n) is 3.27. The van der Waals surface area contributed by atoms with Crippen molar-refractivity contribution in [1.82, 2.24) is 5.32 Å². The molecule has 0 fully saturated rings. The van der Waals surface area contributed by atoms with Gasteiger partial charge in [-0.25, -0.2) is 4.79 Å². The Hall–Kier alpha value is -2.60. The van der Waals surface area contributed by atoms with E-state index in [-0.39, 0.29) is 6.03 Å². The zero-order valence-corrected chi connectivity index (χ0v) is 13.6. The van der Waals surface area contributed by atoms with Crippen LogP contribution >= 0.6 is 11.6 Å². The molecule has 0 saturated carbocycles. The number of nitrogens with one attached hydrogen (secondary N) is 2. The van der Waals surface area contributed by atoms with E-state index in [1.165, 1.54) is 0 Å². The van der Waals surface area contributed by atoms with Crippen LogP contribution in [0.3, 0.4) is 0 Å². The molecule has 7 heteroatoms. The summed E-state index contributed by atoms with van der Waals surface area (Å²) in [4.78, 5) is 11.9. The molecule has 0 unspecified atom stereocenters. The minimum atomic E-state index is -0.314. The topological polar surface area (TPSA) is 68.8 Å². The first-order valence-electron chi connectivity index (χ1n) is 7.53. The van der Waals surface area contributed by atoms with Gasteiger partial charge in [-0.2, -0.15) is 0 Å². The number of rotatable bonds is 5. The average molecular weight is 349 g/mol. The van der Waals surface area contributed by atoms with Crippen LogP contribution in [-0.4, -0.2) is 32.4 Å². The van der Waals surface area contributed by atoms with Crippen LogP contribution in [0.4, 0.5) is 10.5 Å². The SMILES string of the molecule is O=C(NCCOc1ccc(Cl)cc1)Nc1ccc2c(c1)OCCO2. The van der Waals surface area contributed by atoms with E-state index in [4.69, 9.17) is 25.8 Å². The van der Waals surface area contributed by atoms with Crippen molar-refractivity contribution in [2.24, 2.45) is 0 Å². The van der Waals surface area contributed by atoms with E-state index in [1.54, 1.807) is 42.5 Å². The van der Waals surface area contributed by atoms with Gasteiger partial charge in [0.15, 0.2) is 11.5 Å². The molecule has 1 aliphatic heterocycles. The normalized spacial score (nSPS) is 12.4. The maximum Gasteiger partial charge on any atom is 0.319 e. The monoisotopic (exact) mass is 348 g/mol. The van der Waals surface area contributed by atoms with Crippen LogP contribution < -0.4 is 24.8 Å². The van der Waals surface area contributed by atoms with Gasteiger partial charge >= 0.3 is 6.03 Å². The lowest BCUT2D eigenvalue weighted by atomic mass is 10.2. The number of hydrogen-bond acceptors (Lipinski definition) is 4. The maximum absolute atomic E-state index is 11.9. The number of hydrogen-bond donors (Lipinski definition) is 2. The standard InChI is InChI=1S/C17H17ClN2O4/c18-12-1-4-14(5-2-12)22-8-7-19-17(21)20-13-3-6-15-16(11-13)24-10-9-23-15/h1-6,11H,7-10H2,(H2,19,20,21). The number of halogens is 1. The molecule has 2 amide bonds. The molecule has 6 nitrogen and oxygen atoms in total. The molecule has 0 aromatic heterocycles. The van der Waals surface area contributed by atoms with Crippen molar-refractivity contribution in [2.75, 3.05) is 31.7 Å². The van der Waals surface area contributed by atoms with Gasteiger partial charge in [-0.15, -0.1) is 0 Å². The quantitative estimate of drug-likeness (QED) is 0.813. The minimum Gasteiger partial charge on any atom is -0.492 e. The Bertz CT molecular complexity index is 706. The van der Waals surface area contributed by atoms with Crippen molar-refractivity contribution in [1.29, 1.82) is 0 Å². The highest BCUT2D eigenvalue weighted by Gasteiger charge is 2.12. The van der Waals surface area contributed by atoms with E-state index in [1.807, 2.05) is 0 Å². The van der Waals surface area contributed by atoms with Crippen molar-refractivity contribution in [2.45, 2.75) is 0 Å². The Morgan fingerprint density at radius 3 is 2.62 bits per heavy atom. The number of carbonyl (C=O) groups excluding carboxylic acids is 1. The lowest BCUT2D eigenvalue weighted by Gasteiger charge is -2.19. The first-order valence-corrected chi connectivity index (χ1v) is 7.91. The van der Waals surface area contributed by atoms with Gasteiger partial charge < -0.3 is 24.8 Å². The number of urea groups is 1. The predicted molar refractivity (Wildman–Crippen MR) is 91.4 cm³/mol. The van der Waals surface area contributed by atoms with Crippen molar-refractivity contribution in [3.05, 3.63) is 47.5 Å². The number of amides is 2. The molecule has 24 heavy (non-hydrogen) atoms. The predicted octanol–water partition coefficient (Wildman–Crippen LogP) is 3.31. The molecular formula is C17H17ClN2O4. The summed E-state index contributed by atoms with van der Waals surface area (Å²) in [7, 11) is 0. The molecule has 0 radical (unpaired) electrons. The average Bonchev–Trinajstić information content (AvgIpc) is 2.60. The number of fused-ring (bicyclic) bond motifs is 1. The lowest BCUT2D eigenvalue weighted by Crippen LogP contribution is -2.32. The van der Waals surface area contributed by atoms with E-state index in [9.17, 15) is 4.79 Å².